The number of methoxy groups -OCH3 is 1. The van der Waals surface area contributed by atoms with E-state index >= 15 is 0 Å². The van der Waals surface area contributed by atoms with Crippen molar-refractivity contribution in [3.8, 4) is 5.75 Å². The van der Waals surface area contributed by atoms with Crippen LogP contribution in [0.1, 0.15) is 11.1 Å². The van der Waals surface area contributed by atoms with Gasteiger partial charge in [0.1, 0.15) is 12.4 Å². The van der Waals surface area contributed by atoms with Crippen LogP contribution in [0, 0.1) is 0 Å². The molecule has 0 saturated carbocycles. The van der Waals surface area contributed by atoms with Gasteiger partial charge in [0, 0.05) is 0 Å². The Morgan fingerprint density at radius 3 is 2.33 bits per heavy atom. The van der Waals surface area contributed by atoms with Crippen molar-refractivity contribution in [3.05, 3.63) is 77.9 Å². The van der Waals surface area contributed by atoms with Crippen molar-refractivity contribution < 1.29 is 19.0 Å². The van der Waals surface area contributed by atoms with Crippen LogP contribution in [0.3, 0.4) is 0 Å². The van der Waals surface area contributed by atoms with Crippen molar-refractivity contribution in [1.29, 1.82) is 0 Å². The largest absolute Gasteiger partial charge is 0.497 e. The van der Waals surface area contributed by atoms with Gasteiger partial charge in [-0.25, -0.2) is 0 Å². The van der Waals surface area contributed by atoms with Crippen molar-refractivity contribution in [2.45, 2.75) is 13.0 Å². The summed E-state index contributed by atoms with van der Waals surface area (Å²) in [7, 11) is 1.61. The highest BCUT2D eigenvalue weighted by Crippen LogP contribution is 2.11. The Bertz CT molecular complexity index is 632. The zero-order chi connectivity index (χ0) is 17.0. The first kappa shape index (κ1) is 17.8. The summed E-state index contributed by atoms with van der Waals surface area (Å²) in [6.07, 6.45) is 3.89. The second-order valence-electron chi connectivity index (χ2n) is 5.18. The minimum atomic E-state index is -0.255. The Balaban J connectivity index is 1.58. The third-order valence-electron chi connectivity index (χ3n) is 3.34. The SMILES string of the molecule is COc1ccc(CC(=O)OC/C=C/COCc2ccccc2)cc1. The fraction of sp³-hybridized carbons (Fsp3) is 0.250. The van der Waals surface area contributed by atoms with E-state index in [1.54, 1.807) is 13.2 Å². The first-order valence-electron chi connectivity index (χ1n) is 7.83. The summed E-state index contributed by atoms with van der Waals surface area (Å²) >= 11 is 0. The van der Waals surface area contributed by atoms with Gasteiger partial charge in [0.05, 0.1) is 26.7 Å². The molecule has 0 amide bonds. The van der Waals surface area contributed by atoms with Crippen LogP contribution in [0.4, 0.5) is 0 Å². The first-order valence-corrected chi connectivity index (χ1v) is 7.83. The van der Waals surface area contributed by atoms with Crippen molar-refractivity contribution in [1.82, 2.24) is 0 Å². The lowest BCUT2D eigenvalue weighted by molar-refractivity contribution is -0.141. The maximum absolute atomic E-state index is 11.7. The van der Waals surface area contributed by atoms with Gasteiger partial charge >= 0.3 is 5.97 Å². The smallest absolute Gasteiger partial charge is 0.310 e. The van der Waals surface area contributed by atoms with Gasteiger partial charge in [-0.3, -0.25) is 4.79 Å². The second-order valence-corrected chi connectivity index (χ2v) is 5.18. The zero-order valence-corrected chi connectivity index (χ0v) is 13.8. The van der Waals surface area contributed by atoms with E-state index in [2.05, 4.69) is 0 Å². The summed E-state index contributed by atoms with van der Waals surface area (Å²) < 4.78 is 15.7. The molecule has 0 saturated heterocycles. The van der Waals surface area contributed by atoms with Gasteiger partial charge in [-0.05, 0) is 29.3 Å². The highest BCUT2D eigenvalue weighted by molar-refractivity contribution is 5.72. The molecule has 2 rings (SSSR count). The molecule has 0 atom stereocenters. The van der Waals surface area contributed by atoms with Gasteiger partial charge in [-0.15, -0.1) is 0 Å². The van der Waals surface area contributed by atoms with Crippen molar-refractivity contribution in [2.24, 2.45) is 0 Å². The molecule has 0 aliphatic rings. The van der Waals surface area contributed by atoms with E-state index in [1.165, 1.54) is 0 Å². The highest BCUT2D eigenvalue weighted by Gasteiger charge is 2.03. The number of ether oxygens (including phenoxy) is 3. The van der Waals surface area contributed by atoms with Crippen LogP contribution in [-0.4, -0.2) is 26.3 Å². The second kappa shape index (κ2) is 10.2. The molecule has 4 heteroatoms. The number of benzene rings is 2. The quantitative estimate of drug-likeness (QED) is 0.401. The molecular formula is C20H22O4. The molecule has 0 fully saturated rings. The van der Waals surface area contributed by atoms with Gasteiger partial charge in [-0.1, -0.05) is 48.5 Å². The summed E-state index contributed by atoms with van der Waals surface area (Å²) in [4.78, 5) is 11.7. The molecule has 2 aromatic carbocycles. The molecule has 2 aromatic rings. The monoisotopic (exact) mass is 326 g/mol. The lowest BCUT2D eigenvalue weighted by Crippen LogP contribution is -2.08. The standard InChI is InChI=1S/C20H22O4/c1-22-19-11-9-17(10-12-19)15-20(21)24-14-6-5-13-23-16-18-7-3-2-4-8-18/h2-12H,13-16H2,1H3/b6-5+. The molecule has 0 aromatic heterocycles. The zero-order valence-electron chi connectivity index (χ0n) is 13.8. The van der Waals surface area contributed by atoms with E-state index in [0.717, 1.165) is 16.9 Å². The molecule has 0 aliphatic heterocycles. The summed E-state index contributed by atoms with van der Waals surface area (Å²) in [5.41, 5.74) is 2.03. The molecule has 0 radical (unpaired) electrons. The van der Waals surface area contributed by atoms with Gasteiger partial charge in [-0.2, -0.15) is 0 Å². The molecule has 0 heterocycles. The van der Waals surface area contributed by atoms with Gasteiger partial charge < -0.3 is 14.2 Å². The van der Waals surface area contributed by atoms with Crippen molar-refractivity contribution in [2.75, 3.05) is 20.3 Å². The van der Waals surface area contributed by atoms with E-state index in [4.69, 9.17) is 14.2 Å². The van der Waals surface area contributed by atoms with Crippen LogP contribution >= 0.6 is 0 Å². The highest BCUT2D eigenvalue weighted by atomic mass is 16.5. The summed E-state index contributed by atoms with van der Waals surface area (Å²) in [5, 5.41) is 0. The van der Waals surface area contributed by atoms with Crippen LogP contribution in [0.15, 0.2) is 66.7 Å². The third kappa shape index (κ3) is 6.67. The van der Waals surface area contributed by atoms with Crippen molar-refractivity contribution >= 4 is 5.97 Å². The summed E-state index contributed by atoms with van der Waals surface area (Å²) in [6, 6.07) is 17.3. The number of carbonyl (C=O) groups excluding carboxylic acids is 1. The molecule has 4 nitrogen and oxygen atoms in total. The molecular weight excluding hydrogens is 304 g/mol. The molecule has 0 N–H and O–H groups in total. The minimum absolute atomic E-state index is 0.252. The Labute approximate surface area is 142 Å². The average molecular weight is 326 g/mol. The Kier molecular flexibility index (Phi) is 7.57. The van der Waals surface area contributed by atoms with Gasteiger partial charge in [0.15, 0.2) is 0 Å². The molecule has 126 valence electrons. The number of hydrogen-bond acceptors (Lipinski definition) is 4. The van der Waals surface area contributed by atoms with E-state index in [1.807, 2.05) is 60.7 Å². The van der Waals surface area contributed by atoms with Crippen LogP contribution in [-0.2, 0) is 27.3 Å². The topological polar surface area (TPSA) is 44.8 Å². The fourth-order valence-electron chi connectivity index (χ4n) is 2.06. The van der Waals surface area contributed by atoms with E-state index in [9.17, 15) is 4.79 Å². The summed E-state index contributed by atoms with van der Waals surface area (Å²) in [6.45, 7) is 1.32. The van der Waals surface area contributed by atoms with Crippen LogP contribution in [0.2, 0.25) is 0 Å². The maximum Gasteiger partial charge on any atom is 0.310 e. The number of carbonyl (C=O) groups is 1. The molecule has 0 unspecified atom stereocenters. The number of rotatable bonds is 9. The average Bonchev–Trinajstić information content (AvgIpc) is 2.62. The van der Waals surface area contributed by atoms with E-state index in [-0.39, 0.29) is 19.0 Å². The van der Waals surface area contributed by atoms with Crippen LogP contribution < -0.4 is 4.74 Å². The van der Waals surface area contributed by atoms with E-state index in [0.29, 0.717) is 13.2 Å². The predicted octanol–water partition coefficient (Wildman–Crippen LogP) is 3.55. The minimum Gasteiger partial charge on any atom is -0.497 e. The Hall–Kier alpha value is -2.59. The number of esters is 1. The lowest BCUT2D eigenvalue weighted by atomic mass is 10.1. The van der Waals surface area contributed by atoms with Crippen LogP contribution in [0.25, 0.3) is 0 Å². The fourth-order valence-corrected chi connectivity index (χ4v) is 2.06. The molecule has 24 heavy (non-hydrogen) atoms. The molecule has 0 aliphatic carbocycles. The molecule has 0 bridgehead atoms. The first-order chi connectivity index (χ1) is 11.8. The Morgan fingerprint density at radius 2 is 1.62 bits per heavy atom. The number of hydrogen-bond donors (Lipinski definition) is 0. The molecule has 0 spiro atoms. The third-order valence-corrected chi connectivity index (χ3v) is 3.34. The van der Waals surface area contributed by atoms with Crippen LogP contribution in [0.5, 0.6) is 5.75 Å². The van der Waals surface area contributed by atoms with E-state index < -0.39 is 0 Å². The van der Waals surface area contributed by atoms with Gasteiger partial charge in [0.25, 0.3) is 0 Å². The Morgan fingerprint density at radius 1 is 0.917 bits per heavy atom. The van der Waals surface area contributed by atoms with Crippen molar-refractivity contribution in [3.63, 3.8) is 0 Å². The normalized spacial score (nSPS) is 10.7. The maximum atomic E-state index is 11.7. The van der Waals surface area contributed by atoms with Gasteiger partial charge in [0.2, 0.25) is 0 Å². The lowest BCUT2D eigenvalue weighted by Gasteiger charge is -2.04. The summed E-state index contributed by atoms with van der Waals surface area (Å²) in [5.74, 6) is 0.514. The predicted molar refractivity (Wildman–Crippen MR) is 92.9 cm³/mol.